The van der Waals surface area contributed by atoms with Crippen LogP contribution in [0.15, 0.2) is 18.2 Å². The van der Waals surface area contributed by atoms with Gasteiger partial charge in [-0.25, -0.2) is 9.18 Å². The number of nitrogens with two attached hydrogens (primary N) is 1. The number of carbonyl (C=O) groups is 1. The number of halogens is 4. The fourth-order valence-electron chi connectivity index (χ4n) is 1.09. The van der Waals surface area contributed by atoms with Gasteiger partial charge in [0.05, 0.1) is 5.56 Å². The zero-order valence-electron chi connectivity index (χ0n) is 7.75. The summed E-state index contributed by atoms with van der Waals surface area (Å²) < 4.78 is 49.5. The van der Waals surface area contributed by atoms with Gasteiger partial charge in [0, 0.05) is 0 Å². The summed E-state index contributed by atoms with van der Waals surface area (Å²) in [5.41, 5.74) is 3.61. The van der Waals surface area contributed by atoms with Crippen molar-refractivity contribution in [3.8, 4) is 0 Å². The number of carboxylic acids is 1. The van der Waals surface area contributed by atoms with Gasteiger partial charge in [0.25, 0.3) is 0 Å². The SMILES string of the molecule is N[C@H](c1ccc(C(=O)O)c(F)c1)C(F)(F)F. The Balaban J connectivity index is 3.11. The monoisotopic (exact) mass is 237 g/mol. The lowest BCUT2D eigenvalue weighted by Crippen LogP contribution is -2.28. The fraction of sp³-hybridized carbons (Fsp3) is 0.222. The number of benzene rings is 1. The van der Waals surface area contributed by atoms with Gasteiger partial charge < -0.3 is 10.8 Å². The van der Waals surface area contributed by atoms with Crippen LogP contribution in [0.1, 0.15) is 22.0 Å². The van der Waals surface area contributed by atoms with Gasteiger partial charge in [0.2, 0.25) is 0 Å². The molecule has 3 nitrogen and oxygen atoms in total. The summed E-state index contributed by atoms with van der Waals surface area (Å²) in [6.07, 6.45) is -4.70. The Bertz CT molecular complexity index is 416. The molecule has 0 heterocycles. The highest BCUT2D eigenvalue weighted by Gasteiger charge is 2.38. The number of alkyl halides is 3. The number of hydrogen-bond acceptors (Lipinski definition) is 2. The van der Waals surface area contributed by atoms with Crippen molar-refractivity contribution >= 4 is 5.97 Å². The standard InChI is InChI=1S/C9H7F4NO2/c10-6-3-4(7(14)9(11,12)13)1-2-5(6)8(15)16/h1-3,7H,14H2,(H,15,16)/t7-/m1/s1. The molecule has 0 aliphatic carbocycles. The van der Waals surface area contributed by atoms with Crippen LogP contribution in [0.25, 0.3) is 0 Å². The summed E-state index contributed by atoms with van der Waals surface area (Å²) >= 11 is 0. The molecule has 0 amide bonds. The number of hydrogen-bond donors (Lipinski definition) is 2. The summed E-state index contributed by atoms with van der Waals surface area (Å²) in [7, 11) is 0. The molecule has 0 spiro atoms. The summed E-state index contributed by atoms with van der Waals surface area (Å²) in [4.78, 5) is 10.4. The molecule has 1 aromatic rings. The quantitative estimate of drug-likeness (QED) is 0.774. The molecular formula is C9H7F4NO2. The lowest BCUT2D eigenvalue weighted by molar-refractivity contribution is -0.149. The van der Waals surface area contributed by atoms with Gasteiger partial charge in [-0.15, -0.1) is 0 Å². The molecule has 1 atom stereocenters. The Kier molecular flexibility index (Phi) is 3.18. The molecule has 0 saturated carbocycles. The Hall–Kier alpha value is -1.63. The maximum absolute atomic E-state index is 13.0. The molecule has 0 bridgehead atoms. The first-order chi connectivity index (χ1) is 7.23. The molecule has 88 valence electrons. The van der Waals surface area contributed by atoms with Crippen LogP contribution in [-0.4, -0.2) is 17.3 Å². The van der Waals surface area contributed by atoms with Crippen molar-refractivity contribution in [2.24, 2.45) is 5.73 Å². The normalized spacial score (nSPS) is 13.6. The molecule has 0 saturated heterocycles. The second-order valence-electron chi connectivity index (χ2n) is 3.06. The molecule has 0 aliphatic heterocycles. The van der Waals surface area contributed by atoms with E-state index in [4.69, 9.17) is 10.8 Å². The highest BCUT2D eigenvalue weighted by atomic mass is 19.4. The van der Waals surface area contributed by atoms with E-state index in [1.807, 2.05) is 0 Å². The van der Waals surface area contributed by atoms with Crippen molar-refractivity contribution < 1.29 is 27.5 Å². The summed E-state index contributed by atoms with van der Waals surface area (Å²) in [6, 6.07) is -0.268. The fourth-order valence-corrected chi connectivity index (χ4v) is 1.09. The second kappa shape index (κ2) is 4.09. The first kappa shape index (κ1) is 12.4. The molecule has 16 heavy (non-hydrogen) atoms. The molecule has 0 aromatic heterocycles. The zero-order chi connectivity index (χ0) is 12.5. The largest absolute Gasteiger partial charge is 0.478 e. The molecule has 1 aromatic carbocycles. The molecule has 0 unspecified atom stereocenters. The molecule has 0 radical (unpaired) electrons. The Morgan fingerprint density at radius 1 is 1.38 bits per heavy atom. The molecule has 0 aliphatic rings. The Labute approximate surface area is 87.5 Å². The second-order valence-corrected chi connectivity index (χ2v) is 3.06. The molecule has 3 N–H and O–H groups in total. The predicted octanol–water partition coefficient (Wildman–Crippen LogP) is 2.09. The highest BCUT2D eigenvalue weighted by molar-refractivity contribution is 5.87. The average Bonchev–Trinajstić information content (AvgIpc) is 2.14. The third-order valence-corrected chi connectivity index (χ3v) is 1.94. The van der Waals surface area contributed by atoms with E-state index in [9.17, 15) is 22.4 Å². The van der Waals surface area contributed by atoms with Gasteiger partial charge in [-0.1, -0.05) is 6.07 Å². The molecule has 1 rings (SSSR count). The first-order valence-electron chi connectivity index (χ1n) is 4.08. The van der Waals surface area contributed by atoms with Gasteiger partial charge in [0.1, 0.15) is 11.9 Å². The van der Waals surface area contributed by atoms with Crippen molar-refractivity contribution in [2.45, 2.75) is 12.2 Å². The van der Waals surface area contributed by atoms with Crippen LogP contribution in [0.3, 0.4) is 0 Å². The van der Waals surface area contributed by atoms with E-state index in [0.717, 1.165) is 12.1 Å². The van der Waals surface area contributed by atoms with Gasteiger partial charge in [-0.05, 0) is 17.7 Å². The minimum Gasteiger partial charge on any atom is -0.478 e. The Morgan fingerprint density at radius 2 is 1.94 bits per heavy atom. The summed E-state index contributed by atoms with van der Waals surface area (Å²) in [5, 5.41) is 8.46. The van der Waals surface area contributed by atoms with Gasteiger partial charge in [-0.3, -0.25) is 0 Å². The molecular weight excluding hydrogens is 230 g/mol. The third-order valence-electron chi connectivity index (χ3n) is 1.94. The van der Waals surface area contributed by atoms with Crippen molar-refractivity contribution in [1.82, 2.24) is 0 Å². The van der Waals surface area contributed by atoms with E-state index < -0.39 is 35.1 Å². The maximum Gasteiger partial charge on any atom is 0.407 e. The van der Waals surface area contributed by atoms with Crippen LogP contribution in [0.4, 0.5) is 17.6 Å². The van der Waals surface area contributed by atoms with Gasteiger partial charge >= 0.3 is 12.1 Å². The number of rotatable bonds is 2. The van der Waals surface area contributed by atoms with E-state index in [1.165, 1.54) is 0 Å². The van der Waals surface area contributed by atoms with Crippen LogP contribution in [0, 0.1) is 5.82 Å². The van der Waals surface area contributed by atoms with Crippen LogP contribution in [0.2, 0.25) is 0 Å². The van der Waals surface area contributed by atoms with Crippen molar-refractivity contribution in [3.05, 3.63) is 35.1 Å². The molecule has 0 fully saturated rings. The lowest BCUT2D eigenvalue weighted by atomic mass is 10.0. The highest BCUT2D eigenvalue weighted by Crippen LogP contribution is 2.30. The number of carboxylic acid groups (broad SMARTS) is 1. The lowest BCUT2D eigenvalue weighted by Gasteiger charge is -2.16. The Morgan fingerprint density at radius 3 is 2.31 bits per heavy atom. The smallest absolute Gasteiger partial charge is 0.407 e. The topological polar surface area (TPSA) is 63.3 Å². The molecule has 7 heteroatoms. The van der Waals surface area contributed by atoms with Gasteiger partial charge in [-0.2, -0.15) is 13.2 Å². The minimum atomic E-state index is -4.70. The maximum atomic E-state index is 13.0. The predicted molar refractivity (Wildman–Crippen MR) is 46.3 cm³/mol. The van der Waals surface area contributed by atoms with Gasteiger partial charge in [0.15, 0.2) is 0 Å². The number of aromatic carboxylic acids is 1. The van der Waals surface area contributed by atoms with Crippen LogP contribution >= 0.6 is 0 Å². The van der Waals surface area contributed by atoms with Crippen LogP contribution in [-0.2, 0) is 0 Å². The van der Waals surface area contributed by atoms with E-state index >= 15 is 0 Å². The minimum absolute atomic E-state index is 0.474. The van der Waals surface area contributed by atoms with Crippen LogP contribution in [0.5, 0.6) is 0 Å². The van der Waals surface area contributed by atoms with E-state index in [0.29, 0.717) is 6.07 Å². The first-order valence-corrected chi connectivity index (χ1v) is 4.08. The zero-order valence-corrected chi connectivity index (χ0v) is 7.75. The van der Waals surface area contributed by atoms with E-state index in [1.54, 1.807) is 0 Å². The average molecular weight is 237 g/mol. The van der Waals surface area contributed by atoms with E-state index in [-0.39, 0.29) is 0 Å². The van der Waals surface area contributed by atoms with E-state index in [2.05, 4.69) is 0 Å². The van der Waals surface area contributed by atoms with Crippen molar-refractivity contribution in [1.29, 1.82) is 0 Å². The summed E-state index contributed by atoms with van der Waals surface area (Å²) in [5.74, 6) is -2.80. The summed E-state index contributed by atoms with van der Waals surface area (Å²) in [6.45, 7) is 0. The van der Waals surface area contributed by atoms with Crippen molar-refractivity contribution in [2.75, 3.05) is 0 Å². The van der Waals surface area contributed by atoms with Crippen LogP contribution < -0.4 is 5.73 Å². The third kappa shape index (κ3) is 2.48. The van der Waals surface area contributed by atoms with Crippen molar-refractivity contribution in [3.63, 3.8) is 0 Å².